The van der Waals surface area contributed by atoms with Crippen LogP contribution in [-0.4, -0.2) is 30.9 Å². The molecule has 0 saturated carbocycles. The molecule has 6 heteroatoms. The first-order valence-electron chi connectivity index (χ1n) is 6.09. The van der Waals surface area contributed by atoms with E-state index < -0.39 is 6.04 Å². The molecular formula is C13H18ClN3O2. The maximum absolute atomic E-state index is 11.8. The van der Waals surface area contributed by atoms with Crippen molar-refractivity contribution in [2.45, 2.75) is 19.4 Å². The molecule has 0 aliphatic carbocycles. The lowest BCUT2D eigenvalue weighted by Gasteiger charge is -2.14. The van der Waals surface area contributed by atoms with Gasteiger partial charge in [0.25, 0.3) is 5.91 Å². The van der Waals surface area contributed by atoms with Crippen molar-refractivity contribution in [1.82, 2.24) is 10.6 Å². The van der Waals surface area contributed by atoms with Crippen LogP contribution < -0.4 is 16.4 Å². The number of amides is 2. The Kier molecular flexibility index (Phi) is 6.32. The second-order valence-electron chi connectivity index (χ2n) is 4.14. The van der Waals surface area contributed by atoms with Crippen LogP contribution >= 0.6 is 11.6 Å². The van der Waals surface area contributed by atoms with E-state index in [2.05, 4.69) is 10.6 Å². The highest BCUT2D eigenvalue weighted by molar-refractivity contribution is 6.30. The number of hydrogen-bond donors (Lipinski definition) is 3. The third-order valence-corrected chi connectivity index (χ3v) is 2.78. The van der Waals surface area contributed by atoms with Gasteiger partial charge in [0.2, 0.25) is 5.91 Å². The number of rotatable bonds is 6. The Labute approximate surface area is 117 Å². The monoisotopic (exact) mass is 283 g/mol. The summed E-state index contributed by atoms with van der Waals surface area (Å²) < 4.78 is 0. The van der Waals surface area contributed by atoms with Gasteiger partial charge in [0.1, 0.15) is 6.04 Å². The lowest BCUT2D eigenvalue weighted by Crippen LogP contribution is -2.45. The molecule has 1 unspecified atom stereocenters. The second-order valence-corrected chi connectivity index (χ2v) is 4.57. The molecule has 104 valence electrons. The molecule has 0 radical (unpaired) electrons. The number of carbonyl (C=O) groups excluding carboxylic acids is 2. The maximum atomic E-state index is 11.8. The van der Waals surface area contributed by atoms with E-state index in [0.29, 0.717) is 30.1 Å². The van der Waals surface area contributed by atoms with Crippen LogP contribution in [0.4, 0.5) is 0 Å². The fraction of sp³-hybridized carbons (Fsp3) is 0.385. The molecule has 5 nitrogen and oxygen atoms in total. The van der Waals surface area contributed by atoms with E-state index >= 15 is 0 Å². The average molecular weight is 284 g/mol. The first-order chi connectivity index (χ1) is 9.04. The van der Waals surface area contributed by atoms with Crippen molar-refractivity contribution in [3.05, 3.63) is 34.9 Å². The molecule has 0 saturated heterocycles. The fourth-order valence-corrected chi connectivity index (χ4v) is 1.54. The quantitative estimate of drug-likeness (QED) is 0.679. The van der Waals surface area contributed by atoms with Gasteiger partial charge in [-0.15, -0.1) is 0 Å². The van der Waals surface area contributed by atoms with Crippen LogP contribution in [0.1, 0.15) is 23.7 Å². The Bertz CT molecular complexity index is 434. The Morgan fingerprint density at radius 3 is 2.53 bits per heavy atom. The standard InChI is InChI=1S/C13H18ClN3O2/c1-9(12(18)16-8-2-7-15)17-13(19)10-3-5-11(14)6-4-10/h3-6,9H,2,7-8,15H2,1H3,(H,16,18)(H,17,19). The summed E-state index contributed by atoms with van der Waals surface area (Å²) in [5.74, 6) is -0.533. The first-order valence-corrected chi connectivity index (χ1v) is 6.46. The topological polar surface area (TPSA) is 84.2 Å². The highest BCUT2D eigenvalue weighted by Gasteiger charge is 2.15. The first kappa shape index (κ1) is 15.5. The van der Waals surface area contributed by atoms with Crippen LogP contribution in [0.2, 0.25) is 5.02 Å². The van der Waals surface area contributed by atoms with E-state index in [0.717, 1.165) is 0 Å². The van der Waals surface area contributed by atoms with Gasteiger partial charge in [-0.05, 0) is 44.2 Å². The van der Waals surface area contributed by atoms with E-state index in [9.17, 15) is 9.59 Å². The summed E-state index contributed by atoms with van der Waals surface area (Å²) in [5, 5.41) is 5.87. The van der Waals surface area contributed by atoms with Gasteiger partial charge in [0.05, 0.1) is 0 Å². The summed E-state index contributed by atoms with van der Waals surface area (Å²) in [6.07, 6.45) is 0.712. The summed E-state index contributed by atoms with van der Waals surface area (Å²) in [6.45, 7) is 2.66. The van der Waals surface area contributed by atoms with Gasteiger partial charge in [0.15, 0.2) is 0 Å². The van der Waals surface area contributed by atoms with E-state index in [1.807, 2.05) is 0 Å². The fourth-order valence-electron chi connectivity index (χ4n) is 1.41. The molecule has 0 bridgehead atoms. The normalized spacial score (nSPS) is 11.7. The molecule has 2 amide bonds. The summed E-state index contributed by atoms with van der Waals surface area (Å²) in [5.41, 5.74) is 5.79. The van der Waals surface area contributed by atoms with Crippen LogP contribution in [0.3, 0.4) is 0 Å². The molecule has 0 fully saturated rings. The second kappa shape index (κ2) is 7.76. The van der Waals surface area contributed by atoms with Crippen LogP contribution in [0, 0.1) is 0 Å². The van der Waals surface area contributed by atoms with Gasteiger partial charge in [-0.1, -0.05) is 11.6 Å². The minimum absolute atomic E-state index is 0.226. The van der Waals surface area contributed by atoms with E-state index in [-0.39, 0.29) is 11.8 Å². The van der Waals surface area contributed by atoms with Gasteiger partial charge >= 0.3 is 0 Å². The Hall–Kier alpha value is -1.59. The lowest BCUT2D eigenvalue weighted by molar-refractivity contribution is -0.122. The van der Waals surface area contributed by atoms with Crippen molar-refractivity contribution < 1.29 is 9.59 Å². The highest BCUT2D eigenvalue weighted by Crippen LogP contribution is 2.09. The Balaban J connectivity index is 2.47. The number of hydrogen-bond acceptors (Lipinski definition) is 3. The van der Waals surface area contributed by atoms with Crippen molar-refractivity contribution in [3.8, 4) is 0 Å². The highest BCUT2D eigenvalue weighted by atomic mass is 35.5. The summed E-state index contributed by atoms with van der Waals surface area (Å²) in [4.78, 5) is 23.5. The molecule has 1 rings (SSSR count). The van der Waals surface area contributed by atoms with E-state index in [1.54, 1.807) is 31.2 Å². The summed E-state index contributed by atoms with van der Waals surface area (Å²) in [6, 6.07) is 5.87. The minimum atomic E-state index is -0.596. The van der Waals surface area contributed by atoms with E-state index in [4.69, 9.17) is 17.3 Å². The zero-order chi connectivity index (χ0) is 14.3. The van der Waals surface area contributed by atoms with Crippen LogP contribution in [0.15, 0.2) is 24.3 Å². The SMILES string of the molecule is CC(NC(=O)c1ccc(Cl)cc1)C(=O)NCCCN. The predicted molar refractivity (Wildman–Crippen MR) is 75.1 cm³/mol. The van der Waals surface area contributed by atoms with Crippen molar-refractivity contribution in [3.63, 3.8) is 0 Å². The third-order valence-electron chi connectivity index (χ3n) is 2.53. The van der Waals surface area contributed by atoms with Crippen LogP contribution in [-0.2, 0) is 4.79 Å². The van der Waals surface area contributed by atoms with Crippen LogP contribution in [0.25, 0.3) is 0 Å². The minimum Gasteiger partial charge on any atom is -0.354 e. The molecule has 1 aromatic carbocycles. The third kappa shape index (κ3) is 5.28. The lowest BCUT2D eigenvalue weighted by atomic mass is 10.2. The Morgan fingerprint density at radius 1 is 1.32 bits per heavy atom. The van der Waals surface area contributed by atoms with Crippen molar-refractivity contribution in [2.75, 3.05) is 13.1 Å². The van der Waals surface area contributed by atoms with Gasteiger partial charge in [0, 0.05) is 17.1 Å². The molecule has 1 atom stereocenters. The molecule has 0 heterocycles. The largest absolute Gasteiger partial charge is 0.354 e. The molecule has 0 aromatic heterocycles. The van der Waals surface area contributed by atoms with Gasteiger partial charge in [-0.25, -0.2) is 0 Å². The van der Waals surface area contributed by atoms with Gasteiger partial charge < -0.3 is 16.4 Å². The predicted octanol–water partition coefficient (Wildman–Crippen LogP) is 0.923. The van der Waals surface area contributed by atoms with E-state index in [1.165, 1.54) is 0 Å². The number of carbonyl (C=O) groups is 2. The Morgan fingerprint density at radius 2 is 1.95 bits per heavy atom. The number of benzene rings is 1. The molecular weight excluding hydrogens is 266 g/mol. The van der Waals surface area contributed by atoms with Gasteiger partial charge in [-0.2, -0.15) is 0 Å². The zero-order valence-corrected chi connectivity index (χ0v) is 11.5. The summed E-state index contributed by atoms with van der Waals surface area (Å²) in [7, 11) is 0. The van der Waals surface area contributed by atoms with Crippen molar-refractivity contribution >= 4 is 23.4 Å². The molecule has 0 aliphatic heterocycles. The van der Waals surface area contributed by atoms with Gasteiger partial charge in [-0.3, -0.25) is 9.59 Å². The smallest absolute Gasteiger partial charge is 0.251 e. The molecule has 4 N–H and O–H groups in total. The number of nitrogens with one attached hydrogen (secondary N) is 2. The average Bonchev–Trinajstić information content (AvgIpc) is 2.39. The van der Waals surface area contributed by atoms with Crippen molar-refractivity contribution in [1.29, 1.82) is 0 Å². The molecule has 1 aromatic rings. The van der Waals surface area contributed by atoms with Crippen molar-refractivity contribution in [2.24, 2.45) is 5.73 Å². The molecule has 0 aliphatic rings. The molecule has 19 heavy (non-hydrogen) atoms. The van der Waals surface area contributed by atoms with Crippen LogP contribution in [0.5, 0.6) is 0 Å². The zero-order valence-electron chi connectivity index (χ0n) is 10.8. The number of halogens is 1. The maximum Gasteiger partial charge on any atom is 0.251 e. The summed E-state index contributed by atoms with van der Waals surface area (Å²) >= 11 is 5.74. The number of nitrogens with two attached hydrogens (primary N) is 1. The molecule has 0 spiro atoms.